The third-order valence-electron chi connectivity index (χ3n) is 10.6. The van der Waals surface area contributed by atoms with Crippen molar-refractivity contribution in [2.45, 2.75) is 25.7 Å². The predicted octanol–water partition coefficient (Wildman–Crippen LogP) is 8.71. The van der Waals surface area contributed by atoms with Crippen molar-refractivity contribution in [3.05, 3.63) is 156 Å². The number of fused-ring (bicyclic) bond motifs is 4. The second-order valence-corrected chi connectivity index (χ2v) is 14.2. The number of H-pyrrole nitrogens is 4. The Morgan fingerprint density at radius 3 is 2.17 bits per heavy atom. The summed E-state index contributed by atoms with van der Waals surface area (Å²) in [5, 5.41) is 13.6. The molecule has 0 aliphatic heterocycles. The van der Waals surface area contributed by atoms with Gasteiger partial charge in [-0.2, -0.15) is 0 Å². The number of imidazole rings is 2. The first-order chi connectivity index (χ1) is 29.0. The molecule has 0 amide bonds. The highest BCUT2D eigenvalue weighted by atomic mass is 16.5. The second-order valence-electron chi connectivity index (χ2n) is 14.2. The molecule has 6 aromatic heterocycles. The van der Waals surface area contributed by atoms with Crippen LogP contribution in [0.25, 0.3) is 55.3 Å². The number of benzene rings is 4. The normalized spacial score (nSPS) is 12.1. The van der Waals surface area contributed by atoms with E-state index in [1.54, 1.807) is 38.7 Å². The maximum absolute atomic E-state index is 11.7. The molecule has 59 heavy (non-hydrogen) atoms. The molecular weight excluding hydrogens is 745 g/mol. The van der Waals surface area contributed by atoms with Crippen molar-refractivity contribution in [2.75, 3.05) is 14.2 Å². The van der Waals surface area contributed by atoms with Crippen LogP contribution in [0, 0.1) is 0 Å². The second kappa shape index (κ2) is 15.0. The molecular formula is C46H38N8O5. The number of hydrogen-bond acceptors (Lipinski definition) is 9. The van der Waals surface area contributed by atoms with E-state index in [1.165, 1.54) is 0 Å². The lowest BCUT2D eigenvalue weighted by Crippen LogP contribution is -2.03. The predicted molar refractivity (Wildman–Crippen MR) is 225 cm³/mol. The van der Waals surface area contributed by atoms with Crippen molar-refractivity contribution in [3.8, 4) is 34.1 Å². The number of aromatic nitrogens is 8. The van der Waals surface area contributed by atoms with E-state index in [2.05, 4.69) is 36.0 Å². The number of ether oxygens (including phenoxy) is 4. The van der Waals surface area contributed by atoms with Gasteiger partial charge in [0.25, 0.3) is 0 Å². The fourth-order valence-electron chi connectivity index (χ4n) is 7.56. The van der Waals surface area contributed by atoms with Gasteiger partial charge in [-0.15, -0.1) is 0 Å². The average molecular weight is 783 g/mol. The lowest BCUT2D eigenvalue weighted by molar-refractivity contribution is 0.220. The first-order valence-corrected chi connectivity index (χ1v) is 19.1. The number of aliphatic hydroxyl groups excluding tert-OH is 1. The molecule has 5 N–H and O–H groups in total. The minimum absolute atomic E-state index is 0.227. The Balaban J connectivity index is 0.836. The third-order valence-corrected chi connectivity index (χ3v) is 10.6. The molecule has 10 aromatic rings. The lowest BCUT2D eigenvalue weighted by atomic mass is 9.99. The van der Waals surface area contributed by atoms with E-state index in [-0.39, 0.29) is 13.2 Å². The highest BCUT2D eigenvalue weighted by Gasteiger charge is 2.20. The minimum Gasteiger partial charge on any atom is -0.493 e. The van der Waals surface area contributed by atoms with E-state index in [0.717, 1.165) is 67.2 Å². The number of nitrogens with one attached hydrogen (secondary N) is 4. The monoisotopic (exact) mass is 782 g/mol. The summed E-state index contributed by atoms with van der Waals surface area (Å²) < 4.78 is 23.7. The summed E-state index contributed by atoms with van der Waals surface area (Å²) >= 11 is 0. The topological polar surface area (TPSA) is 172 Å². The Morgan fingerprint density at radius 2 is 1.36 bits per heavy atom. The van der Waals surface area contributed by atoms with Gasteiger partial charge in [0.05, 0.1) is 36.3 Å². The summed E-state index contributed by atoms with van der Waals surface area (Å²) in [7, 11) is 3.22. The quantitative estimate of drug-likeness (QED) is 0.0767. The Bertz CT molecular complexity index is 3090. The lowest BCUT2D eigenvalue weighted by Gasteiger charge is -2.15. The SMILES string of the molecule is COc1cc(C(O)c2c[nH]c3ncc(-c4ccc5nc(COc6ccc(Cc7c[nH]c8ncccc78)cc6OC)[nH]c5c4)cc23)ccc1OCc1nc2ccccc2[nH]1. The van der Waals surface area contributed by atoms with Crippen LogP contribution in [0.2, 0.25) is 0 Å². The molecule has 0 aliphatic carbocycles. The number of aliphatic hydroxyl groups is 1. The third kappa shape index (κ3) is 6.93. The Hall–Kier alpha value is -7.64. The number of para-hydroxylation sites is 2. The van der Waals surface area contributed by atoms with Gasteiger partial charge < -0.3 is 44.0 Å². The van der Waals surface area contributed by atoms with Gasteiger partial charge in [-0.3, -0.25) is 0 Å². The van der Waals surface area contributed by atoms with Crippen LogP contribution in [0.4, 0.5) is 0 Å². The molecule has 0 spiro atoms. The van der Waals surface area contributed by atoms with Crippen LogP contribution in [0.5, 0.6) is 23.0 Å². The molecule has 1 unspecified atom stereocenters. The Morgan fingerprint density at radius 1 is 0.627 bits per heavy atom. The molecule has 13 nitrogen and oxygen atoms in total. The van der Waals surface area contributed by atoms with Gasteiger partial charge in [0.1, 0.15) is 42.3 Å². The molecule has 0 bridgehead atoms. The van der Waals surface area contributed by atoms with Gasteiger partial charge in [-0.1, -0.05) is 30.3 Å². The average Bonchev–Trinajstić information content (AvgIpc) is 4.09. The van der Waals surface area contributed by atoms with Crippen molar-refractivity contribution in [1.82, 2.24) is 39.9 Å². The number of methoxy groups -OCH3 is 2. The van der Waals surface area contributed by atoms with Crippen molar-refractivity contribution >= 4 is 44.1 Å². The molecule has 4 aromatic carbocycles. The molecule has 0 saturated carbocycles. The molecule has 1 atom stereocenters. The van der Waals surface area contributed by atoms with Gasteiger partial charge in [-0.05, 0) is 95.4 Å². The van der Waals surface area contributed by atoms with Crippen molar-refractivity contribution < 1.29 is 24.1 Å². The van der Waals surface area contributed by atoms with Crippen molar-refractivity contribution in [3.63, 3.8) is 0 Å². The zero-order valence-corrected chi connectivity index (χ0v) is 32.1. The van der Waals surface area contributed by atoms with Crippen LogP contribution in [-0.2, 0) is 19.6 Å². The molecule has 0 radical (unpaired) electrons. The number of nitrogens with zero attached hydrogens (tertiary/aromatic N) is 4. The van der Waals surface area contributed by atoms with Gasteiger partial charge in [0.2, 0.25) is 0 Å². The van der Waals surface area contributed by atoms with Crippen molar-refractivity contribution in [2.24, 2.45) is 0 Å². The highest BCUT2D eigenvalue weighted by Crippen LogP contribution is 2.37. The molecule has 0 saturated heterocycles. The van der Waals surface area contributed by atoms with E-state index in [9.17, 15) is 5.11 Å². The van der Waals surface area contributed by atoms with E-state index in [4.69, 9.17) is 28.9 Å². The molecule has 292 valence electrons. The van der Waals surface area contributed by atoms with Crippen LogP contribution in [0.3, 0.4) is 0 Å². The number of hydrogen-bond donors (Lipinski definition) is 5. The highest BCUT2D eigenvalue weighted by molar-refractivity contribution is 5.88. The summed E-state index contributed by atoms with van der Waals surface area (Å²) in [6, 6.07) is 31.3. The number of rotatable bonds is 13. The molecule has 0 fully saturated rings. The summed E-state index contributed by atoms with van der Waals surface area (Å²) in [6.07, 6.45) is 7.17. The minimum atomic E-state index is -0.955. The first-order valence-electron chi connectivity index (χ1n) is 19.1. The molecule has 13 heteroatoms. The first kappa shape index (κ1) is 35.8. The Labute approximate surface area is 337 Å². The summed E-state index contributed by atoms with van der Waals surface area (Å²) in [6.45, 7) is 0.463. The maximum Gasteiger partial charge on any atom is 0.161 e. The summed E-state index contributed by atoms with van der Waals surface area (Å²) in [5.41, 5.74) is 10.5. The van der Waals surface area contributed by atoms with E-state index in [1.807, 2.05) is 91.3 Å². The zero-order chi connectivity index (χ0) is 39.9. The van der Waals surface area contributed by atoms with Gasteiger partial charge >= 0.3 is 0 Å². The van der Waals surface area contributed by atoms with Gasteiger partial charge in [0, 0.05) is 46.7 Å². The van der Waals surface area contributed by atoms with Crippen LogP contribution in [0.1, 0.15) is 40.0 Å². The molecule has 10 rings (SSSR count). The van der Waals surface area contributed by atoms with Crippen LogP contribution in [0.15, 0.2) is 122 Å². The van der Waals surface area contributed by atoms with E-state index < -0.39 is 6.10 Å². The fraction of sp³-hybridized carbons (Fsp3) is 0.130. The standard InChI is InChI=1S/C46H38N8O5/c1-56-40-17-26(16-30-22-49-45-31(30)6-5-15-47-45)9-13-38(40)58-25-43-53-36-12-10-27(19-37(36)54-43)29-18-32-33(23-50-46(32)48-21-29)44(55)28-11-14-39(41(20-28)57-2)59-24-42-51-34-7-3-4-8-35(34)52-42/h3-15,17-23,44,55H,16,24-25H2,1-2H3,(H,47,49)(H,48,50)(H,51,52)(H,53,54). The fourth-order valence-corrected chi connectivity index (χ4v) is 7.56. The van der Waals surface area contributed by atoms with Gasteiger partial charge in [0.15, 0.2) is 23.0 Å². The van der Waals surface area contributed by atoms with Crippen LogP contribution in [-0.4, -0.2) is 59.2 Å². The number of aromatic amines is 4. The van der Waals surface area contributed by atoms with Crippen LogP contribution >= 0.6 is 0 Å². The molecule has 0 aliphatic rings. The van der Waals surface area contributed by atoms with Crippen molar-refractivity contribution in [1.29, 1.82) is 0 Å². The summed E-state index contributed by atoms with van der Waals surface area (Å²) in [4.78, 5) is 31.6. The van der Waals surface area contributed by atoms with Crippen LogP contribution < -0.4 is 18.9 Å². The van der Waals surface area contributed by atoms with E-state index in [0.29, 0.717) is 51.4 Å². The maximum atomic E-state index is 11.7. The Kier molecular flexibility index (Phi) is 9.11. The van der Waals surface area contributed by atoms with Gasteiger partial charge in [-0.25, -0.2) is 19.9 Å². The van der Waals surface area contributed by atoms with E-state index >= 15 is 0 Å². The molecule has 6 heterocycles. The largest absolute Gasteiger partial charge is 0.493 e. The zero-order valence-electron chi connectivity index (χ0n) is 32.1. The number of pyridine rings is 2. The summed E-state index contributed by atoms with van der Waals surface area (Å²) in [5.74, 6) is 3.71. The smallest absolute Gasteiger partial charge is 0.161 e.